The van der Waals surface area contributed by atoms with Crippen LogP contribution in [0.5, 0.6) is 11.5 Å². The highest BCUT2D eigenvalue weighted by Crippen LogP contribution is 2.39. The van der Waals surface area contributed by atoms with Gasteiger partial charge in [0, 0.05) is 30.6 Å². The van der Waals surface area contributed by atoms with Crippen LogP contribution in [0.2, 0.25) is 0 Å². The largest absolute Gasteiger partial charge is 0.497 e. The quantitative estimate of drug-likeness (QED) is 0.361. The van der Waals surface area contributed by atoms with Gasteiger partial charge in [-0.25, -0.2) is 0 Å². The Bertz CT molecular complexity index is 909. The highest BCUT2D eigenvalue weighted by molar-refractivity contribution is 5.94. The number of carbonyl (C=O) groups excluding carboxylic acids is 1. The minimum Gasteiger partial charge on any atom is -0.497 e. The van der Waals surface area contributed by atoms with Crippen molar-refractivity contribution < 1.29 is 14.3 Å². The summed E-state index contributed by atoms with van der Waals surface area (Å²) in [6, 6.07) is 15.2. The molecular weight excluding hydrogens is 392 g/mol. The van der Waals surface area contributed by atoms with Crippen molar-refractivity contribution in [2.24, 2.45) is 4.99 Å². The van der Waals surface area contributed by atoms with Gasteiger partial charge in [-0.2, -0.15) is 0 Å². The molecule has 0 spiro atoms. The van der Waals surface area contributed by atoms with Gasteiger partial charge in [-0.15, -0.1) is 0 Å². The van der Waals surface area contributed by atoms with Crippen molar-refractivity contribution in [2.75, 3.05) is 26.7 Å². The van der Waals surface area contributed by atoms with Crippen LogP contribution < -0.4 is 25.4 Å². The molecule has 0 saturated carbocycles. The minimum absolute atomic E-state index is 0.0895. The predicted molar refractivity (Wildman–Crippen MR) is 123 cm³/mol. The topological polar surface area (TPSA) is 84.0 Å². The van der Waals surface area contributed by atoms with Crippen molar-refractivity contribution in [3.8, 4) is 11.5 Å². The lowest BCUT2D eigenvalue weighted by Gasteiger charge is -2.38. The SMILES string of the molecule is CCNC(=NCCNC(=O)c1ccc(OC)cc1)NC1CC(C)(C)Oc2ccccc21. The number of nitrogens with zero attached hydrogens (tertiary/aromatic N) is 1. The fourth-order valence-corrected chi connectivity index (χ4v) is 3.60. The molecule has 2 aromatic rings. The molecular formula is C24H32N4O3. The summed E-state index contributed by atoms with van der Waals surface area (Å²) in [4.78, 5) is 16.9. The van der Waals surface area contributed by atoms with Crippen LogP contribution in [0.1, 0.15) is 49.2 Å². The van der Waals surface area contributed by atoms with Crippen LogP contribution in [0.25, 0.3) is 0 Å². The van der Waals surface area contributed by atoms with Crippen LogP contribution in [0.4, 0.5) is 0 Å². The number of amides is 1. The van der Waals surface area contributed by atoms with Crippen LogP contribution in [0.3, 0.4) is 0 Å². The Morgan fingerprint density at radius 2 is 1.90 bits per heavy atom. The minimum atomic E-state index is -0.268. The number of para-hydroxylation sites is 1. The second-order valence-corrected chi connectivity index (χ2v) is 8.05. The van der Waals surface area contributed by atoms with Crippen molar-refractivity contribution in [1.82, 2.24) is 16.0 Å². The van der Waals surface area contributed by atoms with E-state index in [0.29, 0.717) is 18.7 Å². The summed E-state index contributed by atoms with van der Waals surface area (Å²) in [7, 11) is 1.60. The third kappa shape index (κ3) is 6.13. The number of hydrogen-bond acceptors (Lipinski definition) is 4. The lowest BCUT2D eigenvalue weighted by molar-refractivity contribution is 0.0694. The van der Waals surface area contributed by atoms with Crippen LogP contribution in [-0.2, 0) is 0 Å². The van der Waals surface area contributed by atoms with Gasteiger partial charge in [0.15, 0.2) is 5.96 Å². The highest BCUT2D eigenvalue weighted by Gasteiger charge is 2.33. The molecule has 2 aromatic carbocycles. The standard InChI is InChI=1S/C24H32N4O3/c1-5-25-23(27-15-14-26-22(29)17-10-12-18(30-4)13-11-17)28-20-16-24(2,3)31-21-9-7-6-8-19(20)21/h6-13,20H,5,14-16H2,1-4H3,(H,26,29)(H2,25,27,28). The van der Waals surface area contributed by atoms with E-state index in [1.807, 2.05) is 25.1 Å². The highest BCUT2D eigenvalue weighted by atomic mass is 16.5. The Kier molecular flexibility index (Phi) is 7.39. The van der Waals surface area contributed by atoms with Gasteiger partial charge >= 0.3 is 0 Å². The molecule has 3 N–H and O–H groups in total. The second kappa shape index (κ2) is 10.2. The third-order valence-electron chi connectivity index (χ3n) is 5.05. The van der Waals surface area contributed by atoms with Gasteiger partial charge in [0.05, 0.1) is 19.7 Å². The molecule has 1 atom stereocenters. The maximum Gasteiger partial charge on any atom is 0.251 e. The number of hydrogen-bond donors (Lipinski definition) is 3. The Morgan fingerprint density at radius 3 is 2.61 bits per heavy atom. The molecule has 7 heteroatoms. The molecule has 1 heterocycles. The summed E-state index contributed by atoms with van der Waals surface area (Å²) >= 11 is 0. The maximum atomic E-state index is 12.3. The Hall–Kier alpha value is -3.22. The molecule has 166 valence electrons. The zero-order valence-electron chi connectivity index (χ0n) is 18.7. The Labute approximate surface area is 184 Å². The van der Waals surface area contributed by atoms with Gasteiger partial charge in [0.25, 0.3) is 5.91 Å². The van der Waals surface area contributed by atoms with E-state index in [9.17, 15) is 4.79 Å². The first-order valence-corrected chi connectivity index (χ1v) is 10.7. The molecule has 0 saturated heterocycles. The van der Waals surface area contributed by atoms with Crippen molar-refractivity contribution in [3.63, 3.8) is 0 Å². The zero-order valence-corrected chi connectivity index (χ0v) is 18.7. The molecule has 1 aliphatic heterocycles. The first kappa shape index (κ1) is 22.5. The molecule has 1 unspecified atom stereocenters. The number of aliphatic imine (C=N–C) groups is 1. The van der Waals surface area contributed by atoms with Crippen LogP contribution in [-0.4, -0.2) is 44.2 Å². The number of methoxy groups -OCH3 is 1. The van der Waals surface area contributed by atoms with Crippen molar-refractivity contribution in [1.29, 1.82) is 0 Å². The molecule has 7 nitrogen and oxygen atoms in total. The fourth-order valence-electron chi connectivity index (χ4n) is 3.60. The predicted octanol–water partition coefficient (Wildman–Crippen LogP) is 3.28. The van der Waals surface area contributed by atoms with Crippen molar-refractivity contribution in [2.45, 2.75) is 38.8 Å². The number of carbonyl (C=O) groups is 1. The average Bonchev–Trinajstić information content (AvgIpc) is 2.76. The van der Waals surface area contributed by atoms with Gasteiger partial charge < -0.3 is 25.4 Å². The molecule has 1 amide bonds. The maximum absolute atomic E-state index is 12.3. The van der Waals surface area contributed by atoms with E-state index in [0.717, 1.165) is 36.0 Å². The van der Waals surface area contributed by atoms with E-state index >= 15 is 0 Å². The summed E-state index contributed by atoms with van der Waals surface area (Å²) in [6.07, 6.45) is 0.822. The number of nitrogens with one attached hydrogen (secondary N) is 3. The normalized spacial score (nSPS) is 17.2. The number of benzene rings is 2. The Balaban J connectivity index is 1.59. The molecule has 0 radical (unpaired) electrons. The summed E-state index contributed by atoms with van der Waals surface area (Å²) in [5, 5.41) is 9.73. The second-order valence-electron chi connectivity index (χ2n) is 8.05. The Morgan fingerprint density at radius 1 is 1.16 bits per heavy atom. The van der Waals surface area contributed by atoms with E-state index in [2.05, 4.69) is 40.9 Å². The van der Waals surface area contributed by atoms with Gasteiger partial charge in [-0.3, -0.25) is 9.79 Å². The van der Waals surface area contributed by atoms with Gasteiger partial charge in [0.2, 0.25) is 0 Å². The van der Waals surface area contributed by atoms with Gasteiger partial charge in [-0.1, -0.05) is 18.2 Å². The first-order valence-electron chi connectivity index (χ1n) is 10.7. The smallest absolute Gasteiger partial charge is 0.251 e. The summed E-state index contributed by atoms with van der Waals surface area (Å²) in [5.41, 5.74) is 1.45. The molecule has 0 bridgehead atoms. The molecule has 3 rings (SSSR count). The summed E-state index contributed by atoms with van der Waals surface area (Å²) in [6.45, 7) is 7.87. The first-order chi connectivity index (χ1) is 14.9. The number of ether oxygens (including phenoxy) is 2. The van der Waals surface area contributed by atoms with Crippen LogP contribution >= 0.6 is 0 Å². The average molecular weight is 425 g/mol. The summed E-state index contributed by atoms with van der Waals surface area (Å²) in [5.74, 6) is 2.22. The lowest BCUT2D eigenvalue weighted by atomic mass is 9.90. The van der Waals surface area contributed by atoms with Gasteiger partial charge in [-0.05, 0) is 51.1 Å². The molecule has 31 heavy (non-hydrogen) atoms. The fraction of sp³-hybridized carbons (Fsp3) is 0.417. The van der Waals surface area contributed by atoms with E-state index in [1.54, 1.807) is 31.4 Å². The third-order valence-corrected chi connectivity index (χ3v) is 5.05. The molecule has 0 aromatic heterocycles. The van der Waals surface area contributed by atoms with Crippen molar-refractivity contribution >= 4 is 11.9 Å². The van der Waals surface area contributed by atoms with E-state index in [4.69, 9.17) is 9.47 Å². The van der Waals surface area contributed by atoms with Gasteiger partial charge in [0.1, 0.15) is 17.1 Å². The van der Waals surface area contributed by atoms with Crippen LogP contribution in [0.15, 0.2) is 53.5 Å². The van der Waals surface area contributed by atoms with E-state index in [-0.39, 0.29) is 17.6 Å². The van der Waals surface area contributed by atoms with E-state index < -0.39 is 0 Å². The number of fused-ring (bicyclic) bond motifs is 1. The summed E-state index contributed by atoms with van der Waals surface area (Å²) < 4.78 is 11.2. The molecule has 0 aliphatic carbocycles. The monoisotopic (exact) mass is 424 g/mol. The van der Waals surface area contributed by atoms with Crippen molar-refractivity contribution in [3.05, 3.63) is 59.7 Å². The lowest BCUT2D eigenvalue weighted by Crippen LogP contribution is -2.45. The zero-order chi connectivity index (χ0) is 22.3. The molecule has 1 aliphatic rings. The van der Waals surface area contributed by atoms with Crippen LogP contribution in [0, 0.1) is 0 Å². The number of guanidine groups is 1. The number of rotatable bonds is 7. The van der Waals surface area contributed by atoms with E-state index in [1.165, 1.54) is 0 Å². The molecule has 0 fully saturated rings.